The van der Waals surface area contributed by atoms with E-state index in [2.05, 4.69) is 11.9 Å². The van der Waals surface area contributed by atoms with Crippen LogP contribution in [0.15, 0.2) is 28.9 Å². The summed E-state index contributed by atoms with van der Waals surface area (Å²) < 4.78 is 6.35. The lowest BCUT2D eigenvalue weighted by Crippen LogP contribution is -1.94. The van der Waals surface area contributed by atoms with Gasteiger partial charge in [0.25, 0.3) is 0 Å². The lowest BCUT2D eigenvalue weighted by Gasteiger charge is -2.07. The van der Waals surface area contributed by atoms with Crippen molar-refractivity contribution < 1.29 is 9.53 Å². The van der Waals surface area contributed by atoms with Crippen molar-refractivity contribution in [1.29, 1.82) is 0 Å². The Morgan fingerprint density at radius 2 is 2.20 bits per heavy atom. The summed E-state index contributed by atoms with van der Waals surface area (Å²) in [5.41, 5.74) is 2.56. The van der Waals surface area contributed by atoms with E-state index in [-0.39, 0.29) is 5.12 Å². The Morgan fingerprint density at radius 1 is 1.40 bits per heavy atom. The zero-order valence-corrected chi connectivity index (χ0v) is 13.4. The third-order valence-electron chi connectivity index (χ3n) is 2.67. The van der Waals surface area contributed by atoms with E-state index in [0.717, 1.165) is 27.0 Å². The SMILES string of the molecule is CCOc1ccc(C=C2N=C(SCC)SC2=O)cc1C. The number of carbonyl (C=O) groups is 1. The van der Waals surface area contributed by atoms with Gasteiger partial charge in [0.15, 0.2) is 0 Å². The molecular weight excluding hydrogens is 290 g/mol. The highest BCUT2D eigenvalue weighted by Crippen LogP contribution is 2.31. The van der Waals surface area contributed by atoms with Crippen molar-refractivity contribution in [1.82, 2.24) is 0 Å². The molecule has 0 aromatic heterocycles. The summed E-state index contributed by atoms with van der Waals surface area (Å²) in [5, 5.41) is 0.0208. The maximum absolute atomic E-state index is 11.9. The van der Waals surface area contributed by atoms with Gasteiger partial charge in [-0.3, -0.25) is 4.79 Å². The highest BCUT2D eigenvalue weighted by Gasteiger charge is 2.21. The predicted octanol–water partition coefficient (Wildman–Crippen LogP) is 4.12. The molecule has 0 radical (unpaired) electrons. The van der Waals surface area contributed by atoms with Crippen molar-refractivity contribution >= 4 is 39.1 Å². The van der Waals surface area contributed by atoms with Crippen LogP contribution in [0.25, 0.3) is 6.08 Å². The molecule has 1 heterocycles. The smallest absolute Gasteiger partial charge is 0.244 e. The number of thioether (sulfide) groups is 2. The van der Waals surface area contributed by atoms with Crippen molar-refractivity contribution in [3.05, 3.63) is 35.0 Å². The molecule has 0 saturated heterocycles. The van der Waals surface area contributed by atoms with Gasteiger partial charge in [0.1, 0.15) is 15.8 Å². The number of carbonyl (C=O) groups excluding carboxylic acids is 1. The van der Waals surface area contributed by atoms with Gasteiger partial charge in [-0.1, -0.05) is 24.8 Å². The van der Waals surface area contributed by atoms with E-state index in [4.69, 9.17) is 4.74 Å². The summed E-state index contributed by atoms with van der Waals surface area (Å²) in [6, 6.07) is 5.89. The zero-order chi connectivity index (χ0) is 14.5. The molecule has 106 valence electrons. The Bertz CT molecular complexity index is 579. The number of benzene rings is 1. The largest absolute Gasteiger partial charge is 0.494 e. The van der Waals surface area contributed by atoms with Crippen molar-refractivity contribution in [2.24, 2.45) is 4.99 Å². The third-order valence-corrected chi connectivity index (χ3v) is 4.56. The van der Waals surface area contributed by atoms with Crippen LogP contribution in [0, 0.1) is 6.92 Å². The molecule has 0 amide bonds. The molecule has 0 spiro atoms. The molecular formula is C15H17NO2S2. The zero-order valence-electron chi connectivity index (χ0n) is 11.8. The molecule has 3 nitrogen and oxygen atoms in total. The molecule has 0 unspecified atom stereocenters. The van der Waals surface area contributed by atoms with Gasteiger partial charge in [-0.05, 0) is 60.7 Å². The predicted molar refractivity (Wildman–Crippen MR) is 88.5 cm³/mol. The molecule has 0 N–H and O–H groups in total. The Hall–Kier alpha value is -1.20. The van der Waals surface area contributed by atoms with Crippen LogP contribution in [-0.4, -0.2) is 21.9 Å². The average Bonchev–Trinajstić information content (AvgIpc) is 2.74. The Kier molecular flexibility index (Phi) is 5.31. The summed E-state index contributed by atoms with van der Waals surface area (Å²) in [6.45, 7) is 6.67. The van der Waals surface area contributed by atoms with E-state index < -0.39 is 0 Å². The van der Waals surface area contributed by atoms with Crippen LogP contribution >= 0.6 is 23.5 Å². The normalized spacial score (nSPS) is 16.6. The molecule has 0 aliphatic carbocycles. The van der Waals surface area contributed by atoms with E-state index in [1.54, 1.807) is 11.8 Å². The van der Waals surface area contributed by atoms with E-state index in [9.17, 15) is 4.79 Å². The van der Waals surface area contributed by atoms with E-state index in [1.165, 1.54) is 11.8 Å². The van der Waals surface area contributed by atoms with Gasteiger partial charge in [-0.15, -0.1) is 0 Å². The lowest BCUT2D eigenvalue weighted by atomic mass is 10.1. The van der Waals surface area contributed by atoms with Gasteiger partial charge in [0.2, 0.25) is 5.12 Å². The van der Waals surface area contributed by atoms with Crippen LogP contribution in [0.5, 0.6) is 5.75 Å². The average molecular weight is 307 g/mol. The van der Waals surface area contributed by atoms with Gasteiger partial charge in [-0.25, -0.2) is 4.99 Å². The first kappa shape index (κ1) is 15.2. The summed E-state index contributed by atoms with van der Waals surface area (Å²) >= 11 is 2.81. The number of rotatable bonds is 4. The summed E-state index contributed by atoms with van der Waals surface area (Å²) in [5.74, 6) is 1.81. The van der Waals surface area contributed by atoms with Crippen LogP contribution in [0.2, 0.25) is 0 Å². The number of nitrogens with zero attached hydrogens (tertiary/aromatic N) is 1. The van der Waals surface area contributed by atoms with Gasteiger partial charge in [0.05, 0.1) is 6.61 Å². The second-order valence-corrected chi connectivity index (χ2v) is 6.66. The minimum Gasteiger partial charge on any atom is -0.494 e. The first-order valence-electron chi connectivity index (χ1n) is 6.52. The number of hydrogen-bond acceptors (Lipinski definition) is 5. The van der Waals surface area contributed by atoms with Crippen LogP contribution in [0.4, 0.5) is 0 Å². The molecule has 0 atom stereocenters. The first-order chi connectivity index (χ1) is 9.63. The van der Waals surface area contributed by atoms with Crippen LogP contribution in [-0.2, 0) is 4.79 Å². The topological polar surface area (TPSA) is 38.7 Å². The summed E-state index contributed by atoms with van der Waals surface area (Å²) in [4.78, 5) is 16.2. The molecule has 5 heteroatoms. The molecule has 0 saturated carbocycles. The molecule has 1 aliphatic heterocycles. The van der Waals surface area contributed by atoms with E-state index >= 15 is 0 Å². The number of aliphatic imine (C=N–C) groups is 1. The molecule has 2 rings (SSSR count). The first-order valence-corrected chi connectivity index (χ1v) is 8.33. The molecule has 20 heavy (non-hydrogen) atoms. The third kappa shape index (κ3) is 3.67. The van der Waals surface area contributed by atoms with Crippen molar-refractivity contribution in [2.45, 2.75) is 20.8 Å². The number of ether oxygens (including phenoxy) is 1. The fraction of sp³-hybridized carbons (Fsp3) is 0.333. The van der Waals surface area contributed by atoms with Crippen molar-refractivity contribution in [2.75, 3.05) is 12.4 Å². The van der Waals surface area contributed by atoms with E-state index in [0.29, 0.717) is 12.3 Å². The van der Waals surface area contributed by atoms with Crippen molar-refractivity contribution in [3.8, 4) is 5.75 Å². The van der Waals surface area contributed by atoms with Gasteiger partial charge < -0.3 is 4.74 Å². The Labute approximate surface area is 127 Å². The van der Waals surface area contributed by atoms with Gasteiger partial charge in [-0.2, -0.15) is 0 Å². The highest BCUT2D eigenvalue weighted by molar-refractivity contribution is 8.45. The highest BCUT2D eigenvalue weighted by atomic mass is 32.2. The maximum Gasteiger partial charge on any atom is 0.244 e. The van der Waals surface area contributed by atoms with Gasteiger partial charge in [0, 0.05) is 0 Å². The monoisotopic (exact) mass is 307 g/mol. The maximum atomic E-state index is 11.9. The Morgan fingerprint density at radius 3 is 2.85 bits per heavy atom. The standard InChI is InChI=1S/C15H17NO2S2/c1-4-18-13-7-6-11(8-10(13)3)9-12-14(17)20-15(16-12)19-5-2/h6-9H,4-5H2,1-3H3. The number of aryl methyl sites for hydroxylation is 1. The molecule has 1 aliphatic rings. The van der Waals surface area contributed by atoms with Crippen molar-refractivity contribution in [3.63, 3.8) is 0 Å². The number of hydrogen-bond donors (Lipinski definition) is 0. The minimum atomic E-state index is 0.0208. The lowest BCUT2D eigenvalue weighted by molar-refractivity contribution is -0.107. The summed E-state index contributed by atoms with van der Waals surface area (Å²) in [7, 11) is 0. The second kappa shape index (κ2) is 6.99. The van der Waals surface area contributed by atoms with Gasteiger partial charge >= 0.3 is 0 Å². The molecule has 1 aromatic rings. The van der Waals surface area contributed by atoms with E-state index in [1.807, 2.05) is 38.1 Å². The fourth-order valence-electron chi connectivity index (χ4n) is 1.81. The van der Waals surface area contributed by atoms with Crippen LogP contribution in [0.1, 0.15) is 25.0 Å². The fourth-order valence-corrected chi connectivity index (χ4v) is 3.55. The minimum absolute atomic E-state index is 0.0208. The van der Waals surface area contributed by atoms with Crippen LogP contribution in [0.3, 0.4) is 0 Å². The quantitative estimate of drug-likeness (QED) is 0.784. The van der Waals surface area contributed by atoms with Crippen LogP contribution < -0.4 is 4.74 Å². The Balaban J connectivity index is 2.22. The summed E-state index contributed by atoms with van der Waals surface area (Å²) in [6.07, 6.45) is 1.83. The molecule has 1 aromatic carbocycles. The molecule has 0 fully saturated rings. The second-order valence-electron chi connectivity index (χ2n) is 4.19. The molecule has 0 bridgehead atoms.